The van der Waals surface area contributed by atoms with Crippen LogP contribution in [0.15, 0.2) is 0 Å². The third-order valence-corrected chi connectivity index (χ3v) is 2.23. The molecule has 0 saturated heterocycles. The first-order valence-electron chi connectivity index (χ1n) is 5.49. The Labute approximate surface area is 94.2 Å². The highest BCUT2D eigenvalue weighted by molar-refractivity contribution is 5.76. The maximum atomic E-state index is 11.9. The van der Waals surface area contributed by atoms with Crippen LogP contribution < -0.4 is 0 Å². The van der Waals surface area contributed by atoms with Crippen LogP contribution in [0, 0.1) is 0 Å². The maximum absolute atomic E-state index is 11.9. The molecule has 0 rings (SSSR count). The molecule has 16 heavy (non-hydrogen) atoms. The van der Waals surface area contributed by atoms with Crippen molar-refractivity contribution in [2.45, 2.75) is 64.7 Å². The van der Waals surface area contributed by atoms with Gasteiger partial charge in [-0.1, -0.05) is 26.2 Å². The highest BCUT2D eigenvalue weighted by Gasteiger charge is 2.43. The van der Waals surface area contributed by atoms with E-state index in [9.17, 15) is 18.0 Å². The summed E-state index contributed by atoms with van der Waals surface area (Å²) in [7, 11) is 0. The molecule has 0 aromatic heterocycles. The van der Waals surface area contributed by atoms with Crippen LogP contribution in [0.2, 0.25) is 0 Å². The first kappa shape index (κ1) is 15.3. The lowest BCUT2D eigenvalue weighted by molar-refractivity contribution is -0.212. The molecule has 2 nitrogen and oxygen atoms in total. The van der Waals surface area contributed by atoms with Crippen molar-refractivity contribution in [1.82, 2.24) is 0 Å². The zero-order valence-electron chi connectivity index (χ0n) is 9.99. The SMILES string of the molecule is CCCCCCC(C)(C)OC(=O)C(F)(F)F. The number of unbranched alkanes of at least 4 members (excludes halogenated alkanes) is 3. The summed E-state index contributed by atoms with van der Waals surface area (Å²) in [4.78, 5) is 10.6. The number of ether oxygens (including phenoxy) is 1. The summed E-state index contributed by atoms with van der Waals surface area (Å²) in [6.07, 6.45) is -0.628. The van der Waals surface area contributed by atoms with Gasteiger partial charge in [-0.05, 0) is 26.7 Å². The molecule has 0 spiro atoms. The number of carbonyl (C=O) groups is 1. The molecule has 0 aromatic rings. The first-order valence-corrected chi connectivity index (χ1v) is 5.49. The van der Waals surface area contributed by atoms with Gasteiger partial charge in [0.15, 0.2) is 0 Å². The van der Waals surface area contributed by atoms with Crippen molar-refractivity contribution in [1.29, 1.82) is 0 Å². The predicted molar refractivity (Wildman–Crippen MR) is 55.0 cm³/mol. The Kier molecular flexibility index (Phi) is 5.83. The van der Waals surface area contributed by atoms with Crippen LogP contribution >= 0.6 is 0 Å². The van der Waals surface area contributed by atoms with E-state index in [0.717, 1.165) is 25.7 Å². The Morgan fingerprint density at radius 3 is 2.12 bits per heavy atom. The van der Waals surface area contributed by atoms with Crippen molar-refractivity contribution in [2.75, 3.05) is 0 Å². The van der Waals surface area contributed by atoms with Gasteiger partial charge in [-0.3, -0.25) is 0 Å². The van der Waals surface area contributed by atoms with Gasteiger partial charge in [-0.15, -0.1) is 0 Å². The molecule has 5 heteroatoms. The van der Waals surface area contributed by atoms with Gasteiger partial charge in [-0.2, -0.15) is 13.2 Å². The van der Waals surface area contributed by atoms with Crippen molar-refractivity contribution in [2.24, 2.45) is 0 Å². The quantitative estimate of drug-likeness (QED) is 0.521. The maximum Gasteiger partial charge on any atom is 0.490 e. The van der Waals surface area contributed by atoms with Gasteiger partial charge >= 0.3 is 12.1 Å². The van der Waals surface area contributed by atoms with Gasteiger partial charge in [0, 0.05) is 0 Å². The fraction of sp³-hybridized carbons (Fsp3) is 0.909. The molecule has 0 aliphatic heterocycles. The van der Waals surface area contributed by atoms with E-state index < -0.39 is 17.7 Å². The average Bonchev–Trinajstić information content (AvgIpc) is 2.10. The summed E-state index contributed by atoms with van der Waals surface area (Å²) in [6, 6.07) is 0. The Hall–Kier alpha value is -0.740. The topological polar surface area (TPSA) is 26.3 Å². The molecule has 0 aliphatic rings. The molecule has 0 atom stereocenters. The van der Waals surface area contributed by atoms with Crippen molar-refractivity contribution >= 4 is 5.97 Å². The van der Waals surface area contributed by atoms with Crippen molar-refractivity contribution in [3.63, 3.8) is 0 Å². The van der Waals surface area contributed by atoms with Crippen molar-refractivity contribution in [3.8, 4) is 0 Å². The smallest absolute Gasteiger partial charge is 0.453 e. The molecule has 0 aromatic carbocycles. The number of alkyl halides is 3. The second-order valence-electron chi connectivity index (χ2n) is 4.46. The van der Waals surface area contributed by atoms with E-state index >= 15 is 0 Å². The molecule has 0 saturated carbocycles. The molecular formula is C11H19F3O2. The summed E-state index contributed by atoms with van der Waals surface area (Å²) < 4.78 is 40.3. The van der Waals surface area contributed by atoms with E-state index in [2.05, 4.69) is 11.7 Å². The molecule has 0 N–H and O–H groups in total. The van der Waals surface area contributed by atoms with Gasteiger partial charge in [0.2, 0.25) is 0 Å². The largest absolute Gasteiger partial charge is 0.490 e. The molecule has 0 amide bonds. The van der Waals surface area contributed by atoms with Crippen LogP contribution in [-0.4, -0.2) is 17.7 Å². The van der Waals surface area contributed by atoms with Gasteiger partial charge < -0.3 is 4.74 Å². The summed E-state index contributed by atoms with van der Waals surface area (Å²) in [5.41, 5.74) is -1.04. The summed E-state index contributed by atoms with van der Waals surface area (Å²) >= 11 is 0. The third kappa shape index (κ3) is 6.69. The van der Waals surface area contributed by atoms with E-state index in [1.54, 1.807) is 0 Å². The minimum Gasteiger partial charge on any atom is -0.453 e. The lowest BCUT2D eigenvalue weighted by Crippen LogP contribution is -2.35. The van der Waals surface area contributed by atoms with Crippen LogP contribution in [0.25, 0.3) is 0 Å². The number of halogens is 3. The van der Waals surface area contributed by atoms with Crippen molar-refractivity contribution < 1.29 is 22.7 Å². The van der Waals surface area contributed by atoms with E-state index in [1.807, 2.05) is 0 Å². The number of rotatable bonds is 6. The molecule has 0 aliphatic carbocycles. The van der Waals surface area contributed by atoms with E-state index in [0.29, 0.717) is 6.42 Å². The molecule has 96 valence electrons. The fourth-order valence-corrected chi connectivity index (χ4v) is 1.34. The Morgan fingerprint density at radius 2 is 1.69 bits per heavy atom. The van der Waals surface area contributed by atoms with Crippen LogP contribution in [-0.2, 0) is 9.53 Å². The number of carbonyl (C=O) groups excluding carboxylic acids is 1. The monoisotopic (exact) mass is 240 g/mol. The Bertz CT molecular complexity index is 222. The van der Waals surface area contributed by atoms with Crippen LogP contribution in [0.1, 0.15) is 52.9 Å². The molecular weight excluding hydrogens is 221 g/mol. The lowest BCUT2D eigenvalue weighted by Gasteiger charge is -2.25. The standard InChI is InChI=1S/C11H19F3O2/c1-4-5-6-7-8-10(2,3)16-9(15)11(12,13)14/h4-8H2,1-3H3. The van der Waals surface area contributed by atoms with E-state index in [-0.39, 0.29) is 0 Å². The van der Waals surface area contributed by atoms with E-state index in [1.165, 1.54) is 13.8 Å². The average molecular weight is 240 g/mol. The van der Waals surface area contributed by atoms with Crippen LogP contribution in [0.3, 0.4) is 0 Å². The second-order valence-corrected chi connectivity index (χ2v) is 4.46. The van der Waals surface area contributed by atoms with Gasteiger partial charge in [0.05, 0.1) is 0 Å². The summed E-state index contributed by atoms with van der Waals surface area (Å²) in [6.45, 7) is 5.06. The van der Waals surface area contributed by atoms with Gasteiger partial charge in [0.1, 0.15) is 5.60 Å². The van der Waals surface area contributed by atoms with Gasteiger partial charge in [0.25, 0.3) is 0 Å². The molecule has 0 heterocycles. The van der Waals surface area contributed by atoms with E-state index in [4.69, 9.17) is 0 Å². The molecule has 0 bridgehead atoms. The Balaban J connectivity index is 4.00. The lowest BCUT2D eigenvalue weighted by atomic mass is 10.00. The molecule has 0 fully saturated rings. The molecule has 0 radical (unpaired) electrons. The zero-order chi connectivity index (χ0) is 12.8. The molecule has 0 unspecified atom stereocenters. The first-order chi connectivity index (χ1) is 7.19. The second kappa shape index (κ2) is 6.11. The normalized spacial score (nSPS) is 12.6. The number of hydrogen-bond donors (Lipinski definition) is 0. The highest BCUT2D eigenvalue weighted by Crippen LogP contribution is 2.24. The number of hydrogen-bond acceptors (Lipinski definition) is 2. The highest BCUT2D eigenvalue weighted by atomic mass is 19.4. The minimum absolute atomic E-state index is 0.453. The number of esters is 1. The van der Waals surface area contributed by atoms with Gasteiger partial charge in [-0.25, -0.2) is 4.79 Å². The predicted octanol–water partition coefficient (Wildman–Crippen LogP) is 3.84. The van der Waals surface area contributed by atoms with Crippen LogP contribution in [0.4, 0.5) is 13.2 Å². The summed E-state index contributed by atoms with van der Waals surface area (Å²) in [5, 5.41) is 0. The zero-order valence-corrected chi connectivity index (χ0v) is 9.99. The third-order valence-electron chi connectivity index (χ3n) is 2.23. The van der Waals surface area contributed by atoms with Crippen molar-refractivity contribution in [3.05, 3.63) is 0 Å². The summed E-state index contributed by atoms with van der Waals surface area (Å²) in [5.74, 6) is -2.10. The Morgan fingerprint density at radius 1 is 1.12 bits per heavy atom. The minimum atomic E-state index is -4.90. The fourth-order valence-electron chi connectivity index (χ4n) is 1.34. The van der Waals surface area contributed by atoms with Crippen LogP contribution in [0.5, 0.6) is 0 Å².